The number of aryl methyl sites for hydroxylation is 1. The number of carbonyl (C=O) groups excluding carboxylic acids is 2. The summed E-state index contributed by atoms with van der Waals surface area (Å²) in [5, 5.41) is 23.4. The molecular weight excluding hydrogens is 552 g/mol. The molecule has 2 aromatic carbocycles. The fraction of sp³-hybridized carbons (Fsp3) is 0.367. The predicted octanol–water partition coefficient (Wildman–Crippen LogP) is 2.16. The fourth-order valence-electron chi connectivity index (χ4n) is 4.21. The minimum Gasteiger partial charge on any atom is -0.480 e. The van der Waals surface area contributed by atoms with Crippen LogP contribution in [0.1, 0.15) is 66.9 Å². The molecule has 8 N–H and O–H groups in total. The molecule has 3 aromatic rings. The van der Waals surface area contributed by atoms with Gasteiger partial charge < -0.3 is 20.2 Å². The Morgan fingerprint density at radius 3 is 2.26 bits per heavy atom. The summed E-state index contributed by atoms with van der Waals surface area (Å²) < 4.78 is 5.80. The van der Waals surface area contributed by atoms with E-state index in [0.29, 0.717) is 25.1 Å². The maximum atomic E-state index is 13.0. The van der Waals surface area contributed by atoms with Crippen molar-refractivity contribution in [1.29, 1.82) is 0 Å². The number of nitrogens with one attached hydrogen (secondary N) is 3. The second-order valence-corrected chi connectivity index (χ2v) is 10.5. The monoisotopic (exact) mass is 591 g/mol. The number of hydrogen-bond donors (Lipinski definition) is 6. The number of azo groups is 1. The first-order valence-corrected chi connectivity index (χ1v) is 14.0. The quantitative estimate of drug-likeness (QED) is 0.0665. The summed E-state index contributed by atoms with van der Waals surface area (Å²) in [4.78, 5) is 44.7. The number of hydrogen-bond acceptors (Lipinski definition) is 7. The minimum absolute atomic E-state index is 0.0319. The zero-order valence-corrected chi connectivity index (χ0v) is 24.5. The van der Waals surface area contributed by atoms with E-state index in [-0.39, 0.29) is 48.0 Å². The number of oxazole rings is 1. The number of nitrogens with zero attached hydrogens (tertiary/aromatic N) is 3. The van der Waals surface area contributed by atoms with Crippen LogP contribution in [0.2, 0.25) is 0 Å². The topological polar surface area (TPSA) is 212 Å². The Bertz CT molecular complexity index is 1430. The van der Waals surface area contributed by atoms with Crippen molar-refractivity contribution in [3.63, 3.8) is 0 Å². The van der Waals surface area contributed by atoms with Gasteiger partial charge in [0.05, 0.1) is 24.3 Å². The summed E-state index contributed by atoms with van der Waals surface area (Å²) in [5.74, 6) is -1.52. The molecule has 2 amide bonds. The Hall–Kier alpha value is -5.07. The third kappa shape index (κ3) is 10.7. The molecule has 1 unspecified atom stereocenters. The van der Waals surface area contributed by atoms with Crippen LogP contribution in [0.25, 0.3) is 0 Å². The molecule has 0 spiro atoms. The van der Waals surface area contributed by atoms with Gasteiger partial charge in [-0.2, -0.15) is 10.2 Å². The van der Waals surface area contributed by atoms with Crippen LogP contribution in [0, 0.1) is 12.8 Å². The van der Waals surface area contributed by atoms with E-state index in [2.05, 4.69) is 30.8 Å². The molecule has 0 fully saturated rings. The van der Waals surface area contributed by atoms with Gasteiger partial charge in [0.1, 0.15) is 17.8 Å². The molecule has 0 radical (unpaired) electrons. The van der Waals surface area contributed by atoms with Crippen molar-refractivity contribution in [2.75, 3.05) is 6.54 Å². The van der Waals surface area contributed by atoms with Crippen LogP contribution in [-0.2, 0) is 16.0 Å². The molecule has 0 saturated carbocycles. The van der Waals surface area contributed by atoms with Crippen molar-refractivity contribution in [3.05, 3.63) is 77.5 Å². The number of rotatable bonds is 15. The number of aliphatic carboxylic acids is 1. The number of nitrogens with two attached hydrogens (primary N) is 2. The Morgan fingerprint density at radius 1 is 1.00 bits per heavy atom. The van der Waals surface area contributed by atoms with Crippen LogP contribution in [0.15, 0.2) is 69.2 Å². The Kier molecular flexibility index (Phi) is 11.9. The Morgan fingerprint density at radius 2 is 1.65 bits per heavy atom. The van der Waals surface area contributed by atoms with Gasteiger partial charge in [-0.15, -0.1) is 0 Å². The molecule has 0 bridgehead atoms. The van der Waals surface area contributed by atoms with Gasteiger partial charge in [0.15, 0.2) is 5.69 Å². The average molecular weight is 592 g/mol. The van der Waals surface area contributed by atoms with Crippen molar-refractivity contribution in [1.82, 2.24) is 15.6 Å². The highest BCUT2D eigenvalue weighted by molar-refractivity contribution is 5.95. The van der Waals surface area contributed by atoms with Crippen molar-refractivity contribution in [2.45, 2.75) is 58.5 Å². The predicted molar refractivity (Wildman–Crippen MR) is 160 cm³/mol. The van der Waals surface area contributed by atoms with Crippen molar-refractivity contribution >= 4 is 35.1 Å². The average Bonchev–Trinajstić information content (AvgIpc) is 3.35. The van der Waals surface area contributed by atoms with E-state index in [4.69, 9.17) is 15.9 Å². The van der Waals surface area contributed by atoms with Gasteiger partial charge in [0.2, 0.25) is 11.8 Å². The normalized spacial score (nSPS) is 12.6. The van der Waals surface area contributed by atoms with Crippen molar-refractivity contribution in [3.8, 4) is 0 Å². The summed E-state index contributed by atoms with van der Waals surface area (Å²) in [6.45, 7) is 5.91. The molecule has 1 aromatic heterocycles. The van der Waals surface area contributed by atoms with E-state index in [0.717, 1.165) is 11.3 Å². The van der Waals surface area contributed by atoms with Gasteiger partial charge in [-0.3, -0.25) is 26.0 Å². The number of aromatic nitrogens is 1. The Labute approximate surface area is 249 Å². The molecule has 1 heterocycles. The molecule has 0 saturated heterocycles. The van der Waals surface area contributed by atoms with Gasteiger partial charge in [-0.1, -0.05) is 44.2 Å². The third-order valence-corrected chi connectivity index (χ3v) is 6.31. The van der Waals surface area contributed by atoms with E-state index < -0.39 is 24.0 Å². The number of carbonyl (C=O) groups is 3. The second-order valence-electron chi connectivity index (χ2n) is 10.5. The van der Waals surface area contributed by atoms with Gasteiger partial charge in [0, 0.05) is 0 Å². The van der Waals surface area contributed by atoms with E-state index in [1.165, 1.54) is 0 Å². The third-order valence-electron chi connectivity index (χ3n) is 6.31. The van der Waals surface area contributed by atoms with E-state index in [1.54, 1.807) is 19.1 Å². The lowest BCUT2D eigenvalue weighted by atomic mass is 10.0. The molecule has 228 valence electrons. The van der Waals surface area contributed by atoms with Gasteiger partial charge in [-0.05, 0) is 61.9 Å². The van der Waals surface area contributed by atoms with Crippen LogP contribution in [0.5, 0.6) is 0 Å². The largest absolute Gasteiger partial charge is 0.480 e. The summed E-state index contributed by atoms with van der Waals surface area (Å²) in [6.07, 6.45) is 1.17. The second kappa shape index (κ2) is 15.8. The van der Waals surface area contributed by atoms with Crippen molar-refractivity contribution < 1.29 is 28.9 Å². The van der Waals surface area contributed by atoms with Crippen molar-refractivity contribution in [2.24, 2.45) is 27.6 Å². The molecule has 13 heteroatoms. The summed E-state index contributed by atoms with van der Waals surface area (Å²) in [6, 6.07) is 14.8. The number of carboxylic acids is 1. The highest BCUT2D eigenvalue weighted by atomic mass is 16.4. The highest BCUT2D eigenvalue weighted by Gasteiger charge is 2.28. The molecule has 13 nitrogen and oxygen atoms in total. The van der Waals surface area contributed by atoms with Crippen LogP contribution in [0.4, 0.5) is 11.4 Å². The summed E-state index contributed by atoms with van der Waals surface area (Å²) in [5.41, 5.74) is 12.8. The number of amides is 2. The fourth-order valence-corrected chi connectivity index (χ4v) is 4.21. The maximum Gasteiger partial charge on any atom is 0.338 e. The number of guanidine groups is 1. The van der Waals surface area contributed by atoms with E-state index in [9.17, 15) is 19.5 Å². The smallest absolute Gasteiger partial charge is 0.338 e. The summed E-state index contributed by atoms with van der Waals surface area (Å²) in [7, 11) is 0. The summed E-state index contributed by atoms with van der Waals surface area (Å²) >= 11 is 0. The van der Waals surface area contributed by atoms with Crippen LogP contribution in [-0.4, -0.2) is 46.4 Å². The van der Waals surface area contributed by atoms with Gasteiger partial charge in [-0.25, -0.2) is 9.78 Å². The SMILES string of the molecule is Cc1oc(C(CC(C)C)NC(=O)Cc2ccc(N=Nc3ccccc3)cc2)nc1C(=O)N[C@@H](CCC[NH+]=C(N)N)C(=O)O. The first-order chi connectivity index (χ1) is 20.5. The molecule has 43 heavy (non-hydrogen) atoms. The van der Waals surface area contributed by atoms with Gasteiger partial charge in [0.25, 0.3) is 5.91 Å². The molecule has 0 aliphatic carbocycles. The minimum atomic E-state index is -1.18. The van der Waals surface area contributed by atoms with E-state index >= 15 is 0 Å². The van der Waals surface area contributed by atoms with E-state index in [1.807, 2.05) is 56.3 Å². The Balaban J connectivity index is 1.65. The molecular formula is C30H39N8O5+. The standard InChI is InChI=1S/C30H38N8O5/c1-18(2)16-24(34-25(39)17-20-11-13-22(14-12-20)38-37-21-8-5-4-6-9-21)28-36-26(19(3)43-28)27(40)35-23(29(41)42)10-7-15-33-30(31)32/h4-6,8-9,11-14,18,23-24H,7,10,15-17H2,1-3H3,(H,34,39)(H,35,40)(H,41,42)(H4,31,32,33)/p+1/t23-,24?/m0/s1. The zero-order valence-electron chi connectivity index (χ0n) is 24.5. The molecule has 0 aliphatic heterocycles. The lowest BCUT2D eigenvalue weighted by Gasteiger charge is -2.18. The maximum absolute atomic E-state index is 13.0. The molecule has 3 rings (SSSR count). The molecule has 0 aliphatic rings. The van der Waals surface area contributed by atoms with Crippen LogP contribution in [0.3, 0.4) is 0 Å². The number of carboxylic acid groups (broad SMARTS) is 1. The lowest BCUT2D eigenvalue weighted by Crippen LogP contribution is -2.78. The van der Waals surface area contributed by atoms with Crippen LogP contribution >= 0.6 is 0 Å². The van der Waals surface area contributed by atoms with Crippen LogP contribution < -0.4 is 27.1 Å². The lowest BCUT2D eigenvalue weighted by molar-refractivity contribution is -0.459. The zero-order chi connectivity index (χ0) is 31.4. The van der Waals surface area contributed by atoms with Gasteiger partial charge >= 0.3 is 11.9 Å². The first-order valence-electron chi connectivity index (χ1n) is 14.0. The first kappa shape index (κ1) is 32.4. The number of benzene rings is 2. The molecule has 2 atom stereocenters. The highest BCUT2D eigenvalue weighted by Crippen LogP contribution is 2.24.